The van der Waals surface area contributed by atoms with Crippen LogP contribution < -0.4 is 0 Å². The van der Waals surface area contributed by atoms with Crippen LogP contribution in [0.2, 0.25) is 0 Å². The lowest BCUT2D eigenvalue weighted by atomic mass is 10.1. The van der Waals surface area contributed by atoms with Gasteiger partial charge in [0, 0.05) is 0 Å². The average molecular weight is 442 g/mol. The molecule has 0 bridgehead atoms. The first-order chi connectivity index (χ1) is 16.0. The van der Waals surface area contributed by atoms with E-state index in [9.17, 15) is 0 Å². The molecule has 0 saturated carbocycles. The zero-order valence-electron chi connectivity index (χ0n) is 17.8. The standard InChI is InChI=1S/C11H10.C10H8.4CHNO/c1-9-5-4-7-10-6-2-3-8-11(9)10;1-2-6-10-8-4-3-7-9(10)5-1;4*2-1-3/h2-8H,1H3;1-8H;4*2H. The molecule has 8 nitrogen and oxygen atoms in total. The molecule has 166 valence electrons. The summed E-state index contributed by atoms with van der Waals surface area (Å²) in [5.41, 5.74) is 1.35. The maximum absolute atomic E-state index is 8.35. The van der Waals surface area contributed by atoms with Gasteiger partial charge in [0.05, 0.1) is 0 Å². The van der Waals surface area contributed by atoms with Gasteiger partial charge in [-0.2, -0.15) is 0 Å². The van der Waals surface area contributed by atoms with Crippen LogP contribution >= 0.6 is 0 Å². The average Bonchev–Trinajstić information content (AvgIpc) is 2.82. The van der Waals surface area contributed by atoms with Crippen molar-refractivity contribution in [2.45, 2.75) is 6.92 Å². The van der Waals surface area contributed by atoms with Crippen molar-refractivity contribution in [2.75, 3.05) is 0 Å². The second kappa shape index (κ2) is 21.6. The van der Waals surface area contributed by atoms with E-state index in [4.69, 9.17) is 40.8 Å². The lowest BCUT2D eigenvalue weighted by Gasteiger charge is -1.98. The smallest absolute Gasteiger partial charge is 0.222 e. The molecule has 4 rings (SSSR count). The molecule has 0 heterocycles. The Morgan fingerprint density at radius 1 is 0.455 bits per heavy atom. The van der Waals surface area contributed by atoms with Gasteiger partial charge in [-0.05, 0) is 34.0 Å². The molecule has 0 aliphatic heterocycles. The fraction of sp³-hybridized carbons (Fsp3) is 0.0400. The predicted octanol–water partition coefficient (Wildman–Crippen LogP) is 5.59. The number of benzene rings is 4. The van der Waals surface area contributed by atoms with Crippen molar-refractivity contribution in [3.05, 3.63) is 96.6 Å². The molecule has 0 aromatic heterocycles. The van der Waals surface area contributed by atoms with Crippen molar-refractivity contribution in [1.82, 2.24) is 0 Å². The highest BCUT2D eigenvalue weighted by molar-refractivity contribution is 5.85. The molecule has 4 aromatic rings. The van der Waals surface area contributed by atoms with Crippen LogP contribution in [-0.2, 0) is 19.2 Å². The highest BCUT2D eigenvalue weighted by Crippen LogP contribution is 2.16. The first-order valence-electron chi connectivity index (χ1n) is 9.04. The van der Waals surface area contributed by atoms with E-state index < -0.39 is 0 Å². The van der Waals surface area contributed by atoms with Gasteiger partial charge in [0.1, 0.15) is 0 Å². The number of aryl methyl sites for hydroxylation is 1. The molecule has 0 aliphatic rings. The Labute approximate surface area is 190 Å². The minimum absolute atomic E-state index is 0.750. The molecule has 0 amide bonds. The highest BCUT2D eigenvalue weighted by atomic mass is 16.1. The summed E-state index contributed by atoms with van der Waals surface area (Å²) in [5, 5.41) is 26.9. The van der Waals surface area contributed by atoms with Gasteiger partial charge in [-0.1, -0.05) is 91.0 Å². The third kappa shape index (κ3) is 14.5. The Morgan fingerprint density at radius 2 is 0.727 bits per heavy atom. The number of rotatable bonds is 0. The summed E-state index contributed by atoms with van der Waals surface area (Å²) < 4.78 is 0. The molecule has 0 fully saturated rings. The highest BCUT2D eigenvalue weighted by Gasteiger charge is 1.92. The van der Waals surface area contributed by atoms with E-state index in [0.717, 1.165) is 24.3 Å². The number of hydrogen-bond donors (Lipinski definition) is 4. The quantitative estimate of drug-likeness (QED) is 0.206. The van der Waals surface area contributed by atoms with Gasteiger partial charge in [-0.25, -0.2) is 40.8 Å². The van der Waals surface area contributed by atoms with Gasteiger partial charge >= 0.3 is 0 Å². The lowest BCUT2D eigenvalue weighted by Crippen LogP contribution is -1.75. The van der Waals surface area contributed by atoms with E-state index in [0.29, 0.717) is 0 Å². The van der Waals surface area contributed by atoms with E-state index in [1.165, 1.54) is 27.1 Å². The molecule has 33 heavy (non-hydrogen) atoms. The molecule has 0 saturated heterocycles. The molecule has 0 spiro atoms. The SMILES string of the molecule is Cc1cccc2ccccc12.N=C=O.N=C=O.N=C=O.N=C=O.c1ccc2ccccc2c1. The normalized spacial score (nSPS) is 7.42. The minimum Gasteiger partial charge on any atom is -0.222 e. The third-order valence-corrected chi connectivity index (χ3v) is 3.67. The van der Waals surface area contributed by atoms with E-state index in [1.54, 1.807) is 0 Å². The fourth-order valence-electron chi connectivity index (χ4n) is 2.52. The Kier molecular flexibility index (Phi) is 19.7. The largest absolute Gasteiger partial charge is 0.231 e. The molecule has 0 atom stereocenters. The summed E-state index contributed by atoms with van der Waals surface area (Å²) in [7, 11) is 0. The van der Waals surface area contributed by atoms with Gasteiger partial charge in [0.15, 0.2) is 0 Å². The van der Waals surface area contributed by atoms with Crippen molar-refractivity contribution < 1.29 is 19.2 Å². The first-order valence-corrected chi connectivity index (χ1v) is 9.04. The fourth-order valence-corrected chi connectivity index (χ4v) is 2.52. The van der Waals surface area contributed by atoms with Crippen molar-refractivity contribution in [3.63, 3.8) is 0 Å². The molecule has 4 N–H and O–H groups in total. The molecular weight excluding hydrogens is 420 g/mol. The zero-order chi connectivity index (χ0) is 25.3. The van der Waals surface area contributed by atoms with Crippen molar-refractivity contribution in [2.24, 2.45) is 0 Å². The van der Waals surface area contributed by atoms with Crippen LogP contribution in [0.4, 0.5) is 0 Å². The molecular formula is C25H22N4O4. The monoisotopic (exact) mass is 442 g/mol. The van der Waals surface area contributed by atoms with Crippen LogP contribution in [0.1, 0.15) is 5.56 Å². The zero-order valence-corrected chi connectivity index (χ0v) is 17.8. The molecule has 0 aliphatic carbocycles. The number of isocyanates is 4. The van der Waals surface area contributed by atoms with Gasteiger partial charge in [0.2, 0.25) is 24.3 Å². The molecule has 0 unspecified atom stereocenters. The number of hydrogen-bond acceptors (Lipinski definition) is 8. The summed E-state index contributed by atoms with van der Waals surface area (Å²) in [6, 6.07) is 31.5. The van der Waals surface area contributed by atoms with Crippen LogP contribution in [0.15, 0.2) is 91.0 Å². The first kappa shape index (κ1) is 30.1. The van der Waals surface area contributed by atoms with E-state index >= 15 is 0 Å². The van der Waals surface area contributed by atoms with E-state index in [1.807, 2.05) is 0 Å². The van der Waals surface area contributed by atoms with Gasteiger partial charge < -0.3 is 0 Å². The third-order valence-electron chi connectivity index (χ3n) is 3.67. The van der Waals surface area contributed by atoms with Crippen LogP contribution in [0.3, 0.4) is 0 Å². The number of fused-ring (bicyclic) bond motifs is 2. The van der Waals surface area contributed by atoms with Crippen LogP contribution in [-0.4, -0.2) is 24.3 Å². The van der Waals surface area contributed by atoms with Crippen molar-refractivity contribution >= 4 is 45.9 Å². The molecule has 0 radical (unpaired) electrons. The summed E-state index contributed by atoms with van der Waals surface area (Å²) >= 11 is 0. The Balaban J connectivity index is 0. The van der Waals surface area contributed by atoms with Gasteiger partial charge in [-0.3, -0.25) is 0 Å². The maximum atomic E-state index is 8.35. The Morgan fingerprint density at radius 3 is 1.06 bits per heavy atom. The summed E-state index contributed by atoms with van der Waals surface area (Å²) in [5.74, 6) is 0. The summed E-state index contributed by atoms with van der Waals surface area (Å²) in [6.45, 7) is 2.14. The van der Waals surface area contributed by atoms with Crippen LogP contribution in [0.25, 0.3) is 21.5 Å². The molecule has 8 heteroatoms. The minimum atomic E-state index is 0.750. The van der Waals surface area contributed by atoms with Gasteiger partial charge in [-0.15, -0.1) is 0 Å². The van der Waals surface area contributed by atoms with Crippen LogP contribution in [0.5, 0.6) is 0 Å². The van der Waals surface area contributed by atoms with Crippen LogP contribution in [0, 0.1) is 28.6 Å². The second-order valence-corrected chi connectivity index (χ2v) is 5.55. The van der Waals surface area contributed by atoms with Crippen molar-refractivity contribution in [3.8, 4) is 0 Å². The summed E-state index contributed by atoms with van der Waals surface area (Å²) in [6.07, 6.45) is 3.00. The topological polar surface area (TPSA) is 164 Å². The predicted molar refractivity (Wildman–Crippen MR) is 126 cm³/mol. The number of carbonyl (C=O) groups excluding carboxylic acids is 4. The maximum Gasteiger partial charge on any atom is 0.231 e. The van der Waals surface area contributed by atoms with Gasteiger partial charge in [0.25, 0.3) is 0 Å². The summed E-state index contributed by atoms with van der Waals surface area (Å²) in [4.78, 5) is 33.4. The van der Waals surface area contributed by atoms with Crippen molar-refractivity contribution in [1.29, 1.82) is 21.6 Å². The van der Waals surface area contributed by atoms with E-state index in [2.05, 4.69) is 97.9 Å². The van der Waals surface area contributed by atoms with E-state index in [-0.39, 0.29) is 0 Å². The molecule has 4 aromatic carbocycles. The lowest BCUT2D eigenvalue weighted by molar-refractivity contribution is 0.562. The number of nitrogens with one attached hydrogen (secondary N) is 4. The Hall–Kier alpha value is -5.08. The second-order valence-electron chi connectivity index (χ2n) is 5.55. The Bertz CT molecular complexity index is 1110.